The first-order chi connectivity index (χ1) is 5.80. The van der Waals surface area contributed by atoms with E-state index in [1.807, 2.05) is 0 Å². The molecule has 0 aromatic rings. The Morgan fingerprint density at radius 3 is 1.62 bits per heavy atom. The lowest BCUT2D eigenvalue weighted by Gasteiger charge is -2.60. The minimum Gasteiger partial charge on any atom is -1.00 e. The van der Waals surface area contributed by atoms with E-state index < -0.39 is 0 Å². The molecule has 0 N–H and O–H groups in total. The first kappa shape index (κ1) is 10.1. The molecule has 0 aromatic heterocycles. The lowest BCUT2D eigenvalue weighted by molar-refractivity contribution is -0.978. The largest absolute Gasteiger partial charge is 1.00 e. The maximum atomic E-state index is 2.56. The lowest BCUT2D eigenvalue weighted by Crippen LogP contribution is -3.00. The van der Waals surface area contributed by atoms with Crippen molar-refractivity contribution in [1.82, 2.24) is 14.7 Å². The Morgan fingerprint density at radius 2 is 1.31 bits per heavy atom. The van der Waals surface area contributed by atoms with Gasteiger partial charge >= 0.3 is 0 Å². The second-order valence-corrected chi connectivity index (χ2v) is 4.52. The van der Waals surface area contributed by atoms with Crippen LogP contribution in [0, 0.1) is 0 Å². The minimum absolute atomic E-state index is 0. The molecule has 0 saturated carbocycles. The van der Waals surface area contributed by atoms with E-state index >= 15 is 0 Å². The van der Waals surface area contributed by atoms with E-state index in [1.54, 1.807) is 0 Å². The van der Waals surface area contributed by atoms with Crippen molar-refractivity contribution >= 4 is 0 Å². The molecule has 5 heteroatoms. The average molecular weight is 296 g/mol. The third-order valence-corrected chi connectivity index (χ3v) is 3.37. The summed E-state index contributed by atoms with van der Waals surface area (Å²) in [5.41, 5.74) is 0. The maximum Gasteiger partial charge on any atom is 0.139 e. The zero-order valence-corrected chi connectivity index (χ0v) is 10.3. The van der Waals surface area contributed by atoms with Crippen molar-refractivity contribution in [1.29, 1.82) is 0 Å². The average Bonchev–Trinajstić information content (AvgIpc) is 2.02. The molecule has 4 rings (SSSR count). The zero-order valence-electron chi connectivity index (χ0n) is 8.12. The predicted molar refractivity (Wildman–Crippen MR) is 45.5 cm³/mol. The van der Waals surface area contributed by atoms with Gasteiger partial charge in [-0.05, 0) is 6.92 Å². The third-order valence-electron chi connectivity index (χ3n) is 3.37. The quantitative estimate of drug-likeness (QED) is 0.368. The van der Waals surface area contributed by atoms with Crippen molar-refractivity contribution in [2.24, 2.45) is 0 Å². The van der Waals surface area contributed by atoms with Crippen LogP contribution in [0.3, 0.4) is 0 Å². The Hall–Kier alpha value is 0.570. The fourth-order valence-electron chi connectivity index (χ4n) is 2.96. The van der Waals surface area contributed by atoms with Crippen LogP contribution in [0.4, 0.5) is 0 Å². The van der Waals surface area contributed by atoms with Gasteiger partial charge in [0.2, 0.25) is 0 Å². The van der Waals surface area contributed by atoms with Gasteiger partial charge < -0.3 is 24.0 Å². The standard InChI is InChI=1S/C8H17N4.HI/c1-2-12-6-9-3-10(7-12)5-11(4-9)8-12;/h2-8H2,1H3;1H/q+1;/p-1. The van der Waals surface area contributed by atoms with E-state index in [9.17, 15) is 0 Å². The fraction of sp³-hybridized carbons (Fsp3) is 1.00. The number of quaternary nitrogens is 1. The summed E-state index contributed by atoms with van der Waals surface area (Å²) < 4.78 is 1.28. The van der Waals surface area contributed by atoms with E-state index in [0.717, 1.165) is 0 Å². The van der Waals surface area contributed by atoms with E-state index in [4.69, 9.17) is 0 Å². The molecule has 0 radical (unpaired) electrons. The van der Waals surface area contributed by atoms with Crippen LogP contribution in [0.1, 0.15) is 6.92 Å². The Labute approximate surface area is 96.7 Å². The van der Waals surface area contributed by atoms with Gasteiger partial charge in [-0.2, -0.15) is 0 Å². The monoisotopic (exact) mass is 296 g/mol. The molecule has 4 heterocycles. The molecule has 0 aromatic carbocycles. The molecule has 76 valence electrons. The Morgan fingerprint density at radius 1 is 0.923 bits per heavy atom. The molecule has 0 amide bonds. The SMILES string of the molecule is CC[N+]12CN3CN(CN(C3)C1)C2.[I-]. The van der Waals surface area contributed by atoms with E-state index in [-0.39, 0.29) is 24.0 Å². The number of hydrogen-bond acceptors (Lipinski definition) is 3. The molecule has 0 atom stereocenters. The summed E-state index contributed by atoms with van der Waals surface area (Å²) >= 11 is 0. The van der Waals surface area contributed by atoms with Crippen molar-refractivity contribution in [2.45, 2.75) is 6.92 Å². The number of rotatable bonds is 1. The molecular weight excluding hydrogens is 279 g/mol. The molecule has 4 saturated heterocycles. The highest BCUT2D eigenvalue weighted by Gasteiger charge is 2.47. The van der Waals surface area contributed by atoms with Gasteiger partial charge in [-0.1, -0.05) is 0 Å². The van der Waals surface area contributed by atoms with Gasteiger partial charge in [0.1, 0.15) is 20.0 Å². The van der Waals surface area contributed by atoms with Crippen LogP contribution in [0.25, 0.3) is 0 Å². The molecule has 0 unspecified atom stereocenters. The summed E-state index contributed by atoms with van der Waals surface area (Å²) in [6.07, 6.45) is 0. The van der Waals surface area contributed by atoms with Gasteiger partial charge in [0, 0.05) is 0 Å². The summed E-state index contributed by atoms with van der Waals surface area (Å²) in [5.74, 6) is 0. The van der Waals surface area contributed by atoms with Crippen molar-refractivity contribution in [2.75, 3.05) is 46.6 Å². The molecule has 4 fully saturated rings. The van der Waals surface area contributed by atoms with Crippen molar-refractivity contribution in [3.63, 3.8) is 0 Å². The van der Waals surface area contributed by atoms with Crippen molar-refractivity contribution in [3.05, 3.63) is 0 Å². The predicted octanol–water partition coefficient (Wildman–Crippen LogP) is -3.48. The van der Waals surface area contributed by atoms with Gasteiger partial charge in [-0.25, -0.2) is 14.7 Å². The normalized spacial score (nSPS) is 51.9. The molecular formula is C8H17IN4. The third kappa shape index (κ3) is 1.50. The van der Waals surface area contributed by atoms with Crippen LogP contribution < -0.4 is 24.0 Å². The lowest BCUT2D eigenvalue weighted by atomic mass is 10.3. The van der Waals surface area contributed by atoms with Crippen LogP contribution in [-0.4, -0.2) is 65.7 Å². The van der Waals surface area contributed by atoms with E-state index in [2.05, 4.69) is 21.6 Å². The fourth-order valence-corrected chi connectivity index (χ4v) is 2.96. The van der Waals surface area contributed by atoms with Gasteiger partial charge in [0.25, 0.3) is 0 Å². The zero-order chi connectivity index (χ0) is 8.18. The highest BCUT2D eigenvalue weighted by Crippen LogP contribution is 2.27. The Balaban J connectivity index is 0.000000653. The van der Waals surface area contributed by atoms with E-state index in [0.29, 0.717) is 0 Å². The van der Waals surface area contributed by atoms with Crippen LogP contribution in [0.5, 0.6) is 0 Å². The number of halogens is 1. The molecule has 0 aliphatic carbocycles. The highest BCUT2D eigenvalue weighted by molar-refractivity contribution is 4.73. The summed E-state index contributed by atoms with van der Waals surface area (Å²) in [5, 5.41) is 0. The Bertz CT molecular complexity index is 173. The number of hydrogen-bond donors (Lipinski definition) is 0. The minimum atomic E-state index is 0. The van der Waals surface area contributed by atoms with Crippen LogP contribution in [-0.2, 0) is 0 Å². The second-order valence-electron chi connectivity index (χ2n) is 4.52. The van der Waals surface area contributed by atoms with Gasteiger partial charge in [0.05, 0.1) is 26.6 Å². The van der Waals surface area contributed by atoms with Crippen LogP contribution in [0.15, 0.2) is 0 Å². The van der Waals surface area contributed by atoms with Crippen LogP contribution in [0.2, 0.25) is 0 Å². The van der Waals surface area contributed by atoms with Crippen LogP contribution >= 0.6 is 0 Å². The second kappa shape index (κ2) is 3.30. The van der Waals surface area contributed by atoms with E-state index in [1.165, 1.54) is 51.0 Å². The highest BCUT2D eigenvalue weighted by atomic mass is 127. The summed E-state index contributed by atoms with van der Waals surface area (Å²) in [4.78, 5) is 7.67. The summed E-state index contributed by atoms with van der Waals surface area (Å²) in [6, 6.07) is 0. The molecule has 4 aliphatic rings. The molecule has 13 heavy (non-hydrogen) atoms. The molecule has 4 nitrogen and oxygen atoms in total. The van der Waals surface area contributed by atoms with Crippen molar-refractivity contribution < 1.29 is 28.5 Å². The van der Waals surface area contributed by atoms with Gasteiger partial charge in [-0.3, -0.25) is 4.48 Å². The van der Waals surface area contributed by atoms with Gasteiger partial charge in [0.15, 0.2) is 0 Å². The molecule has 4 aliphatic heterocycles. The first-order valence-corrected chi connectivity index (χ1v) is 4.82. The molecule has 0 spiro atoms. The van der Waals surface area contributed by atoms with Crippen molar-refractivity contribution in [3.8, 4) is 0 Å². The molecule has 4 bridgehead atoms. The summed E-state index contributed by atoms with van der Waals surface area (Å²) in [7, 11) is 0. The Kier molecular flexibility index (Phi) is 2.57. The maximum absolute atomic E-state index is 2.56. The topological polar surface area (TPSA) is 9.72 Å². The van der Waals surface area contributed by atoms with Gasteiger partial charge in [-0.15, -0.1) is 0 Å². The first-order valence-electron chi connectivity index (χ1n) is 4.82. The smallest absolute Gasteiger partial charge is 0.139 e. The number of nitrogens with zero attached hydrogens (tertiary/aromatic N) is 4. The summed E-state index contributed by atoms with van der Waals surface area (Å²) in [6.45, 7) is 11.1.